The second-order valence-electron chi connectivity index (χ2n) is 4.46. The smallest absolute Gasteiger partial charge is 0.137 e. The first-order chi connectivity index (χ1) is 9.26. The zero-order chi connectivity index (χ0) is 13.2. The van der Waals surface area contributed by atoms with E-state index in [0.29, 0.717) is 18.7 Å². The zero-order valence-electron chi connectivity index (χ0n) is 10.6. The van der Waals surface area contributed by atoms with Crippen molar-refractivity contribution in [2.75, 3.05) is 0 Å². The van der Waals surface area contributed by atoms with E-state index in [2.05, 4.69) is 15.3 Å². The predicted molar refractivity (Wildman–Crippen MR) is 69.6 cm³/mol. The Morgan fingerprint density at radius 1 is 1.32 bits per heavy atom. The maximum atomic E-state index is 9.69. The quantitative estimate of drug-likeness (QED) is 0.767. The zero-order valence-corrected chi connectivity index (χ0v) is 10.6. The van der Waals surface area contributed by atoms with Gasteiger partial charge in [0.1, 0.15) is 11.3 Å². The van der Waals surface area contributed by atoms with Gasteiger partial charge in [0.15, 0.2) is 0 Å². The summed E-state index contributed by atoms with van der Waals surface area (Å²) in [5, 5.41) is 17.7. The molecule has 1 atom stereocenters. The van der Waals surface area contributed by atoms with Crippen LogP contribution in [0.1, 0.15) is 30.8 Å². The molecule has 0 bridgehead atoms. The standard InChI is InChI=1S/C13H15N5O/c1-2-12(19)11-9-18(16-15-11)8-10-7-17-6-4-3-5-13(17)14-10/h3-7,9,12,19H,2,8H2,1H3. The maximum Gasteiger partial charge on any atom is 0.137 e. The average molecular weight is 257 g/mol. The van der Waals surface area contributed by atoms with E-state index in [0.717, 1.165) is 11.3 Å². The topological polar surface area (TPSA) is 68.2 Å². The summed E-state index contributed by atoms with van der Waals surface area (Å²) in [5.74, 6) is 0. The molecule has 0 saturated heterocycles. The van der Waals surface area contributed by atoms with Crippen molar-refractivity contribution in [3.63, 3.8) is 0 Å². The van der Waals surface area contributed by atoms with Crippen LogP contribution in [0.25, 0.3) is 5.65 Å². The third-order valence-electron chi connectivity index (χ3n) is 3.02. The molecule has 0 spiro atoms. The Morgan fingerprint density at radius 2 is 2.21 bits per heavy atom. The highest BCUT2D eigenvalue weighted by Gasteiger charge is 2.10. The molecule has 0 radical (unpaired) electrons. The Morgan fingerprint density at radius 3 is 3.00 bits per heavy atom. The lowest BCUT2D eigenvalue weighted by Crippen LogP contribution is -2.00. The van der Waals surface area contributed by atoms with Gasteiger partial charge in [0.2, 0.25) is 0 Å². The number of imidazole rings is 1. The highest BCUT2D eigenvalue weighted by Crippen LogP contribution is 2.13. The molecule has 0 fully saturated rings. The molecule has 19 heavy (non-hydrogen) atoms. The minimum Gasteiger partial charge on any atom is -0.387 e. The normalized spacial score (nSPS) is 12.9. The maximum absolute atomic E-state index is 9.69. The molecule has 0 aliphatic heterocycles. The molecular formula is C13H15N5O. The van der Waals surface area contributed by atoms with Gasteiger partial charge in [0.25, 0.3) is 0 Å². The van der Waals surface area contributed by atoms with E-state index in [-0.39, 0.29) is 0 Å². The largest absolute Gasteiger partial charge is 0.387 e. The summed E-state index contributed by atoms with van der Waals surface area (Å²) in [6.45, 7) is 2.46. The number of hydrogen-bond acceptors (Lipinski definition) is 4. The monoisotopic (exact) mass is 257 g/mol. The number of hydrogen-bond donors (Lipinski definition) is 1. The van der Waals surface area contributed by atoms with Crippen molar-refractivity contribution in [3.05, 3.63) is 48.2 Å². The minimum absolute atomic E-state index is 0.546. The first-order valence-electron chi connectivity index (χ1n) is 6.27. The number of nitrogens with zero attached hydrogens (tertiary/aromatic N) is 5. The van der Waals surface area contributed by atoms with Crippen LogP contribution in [0.4, 0.5) is 0 Å². The Bertz CT molecular complexity index is 654. The Kier molecular flexibility index (Phi) is 3.00. The first-order valence-corrected chi connectivity index (χ1v) is 6.27. The molecule has 0 amide bonds. The van der Waals surface area contributed by atoms with Crippen molar-refractivity contribution in [2.24, 2.45) is 0 Å². The summed E-state index contributed by atoms with van der Waals surface area (Å²) < 4.78 is 3.66. The number of fused-ring (bicyclic) bond motifs is 1. The van der Waals surface area contributed by atoms with Gasteiger partial charge in [0.05, 0.1) is 24.5 Å². The second-order valence-corrected chi connectivity index (χ2v) is 4.46. The van der Waals surface area contributed by atoms with Crippen molar-refractivity contribution < 1.29 is 5.11 Å². The number of pyridine rings is 1. The molecule has 1 N–H and O–H groups in total. The van der Waals surface area contributed by atoms with Crippen molar-refractivity contribution >= 4 is 5.65 Å². The van der Waals surface area contributed by atoms with Crippen LogP contribution in [0.15, 0.2) is 36.8 Å². The van der Waals surface area contributed by atoms with Gasteiger partial charge in [-0.3, -0.25) is 0 Å². The lowest BCUT2D eigenvalue weighted by Gasteiger charge is -2.00. The van der Waals surface area contributed by atoms with Crippen molar-refractivity contribution in [2.45, 2.75) is 26.0 Å². The first kappa shape index (κ1) is 11.9. The molecule has 3 aromatic rings. The summed E-state index contributed by atoms with van der Waals surface area (Å²) in [6.07, 6.45) is 5.77. The van der Waals surface area contributed by atoms with E-state index >= 15 is 0 Å². The molecule has 6 nitrogen and oxygen atoms in total. The highest BCUT2D eigenvalue weighted by molar-refractivity contribution is 5.39. The highest BCUT2D eigenvalue weighted by atomic mass is 16.3. The fraction of sp³-hybridized carbons (Fsp3) is 0.308. The van der Waals surface area contributed by atoms with Crippen LogP contribution < -0.4 is 0 Å². The fourth-order valence-corrected chi connectivity index (χ4v) is 1.98. The fourth-order valence-electron chi connectivity index (χ4n) is 1.98. The minimum atomic E-state index is -0.546. The Hall–Kier alpha value is -2.21. The molecule has 1 unspecified atom stereocenters. The van der Waals surface area contributed by atoms with Crippen molar-refractivity contribution in [3.8, 4) is 0 Å². The Labute approximate surface area is 110 Å². The van der Waals surface area contributed by atoms with Crippen molar-refractivity contribution in [1.29, 1.82) is 0 Å². The molecule has 0 saturated carbocycles. The molecule has 6 heteroatoms. The van der Waals surface area contributed by atoms with Gasteiger partial charge in [-0.15, -0.1) is 5.10 Å². The SMILES string of the molecule is CCC(O)c1cn(Cc2cn3ccccc3n2)nn1. The van der Waals surface area contributed by atoms with Gasteiger partial charge in [0, 0.05) is 12.4 Å². The molecule has 0 aliphatic carbocycles. The third kappa shape index (κ3) is 2.34. The summed E-state index contributed by atoms with van der Waals surface area (Å²) in [4.78, 5) is 4.49. The average Bonchev–Trinajstić information content (AvgIpc) is 3.04. The van der Waals surface area contributed by atoms with Crippen LogP contribution in [-0.4, -0.2) is 29.5 Å². The second kappa shape index (κ2) is 4.81. The van der Waals surface area contributed by atoms with E-state index in [9.17, 15) is 5.11 Å². The Balaban J connectivity index is 1.82. The third-order valence-corrected chi connectivity index (χ3v) is 3.02. The number of aliphatic hydroxyl groups excluding tert-OH is 1. The van der Waals surface area contributed by atoms with Crippen LogP contribution in [-0.2, 0) is 6.54 Å². The van der Waals surface area contributed by atoms with Crippen LogP contribution in [0.3, 0.4) is 0 Å². The van der Waals surface area contributed by atoms with Crippen LogP contribution in [0.2, 0.25) is 0 Å². The van der Waals surface area contributed by atoms with Gasteiger partial charge < -0.3 is 9.51 Å². The summed E-state index contributed by atoms with van der Waals surface area (Å²) in [5.41, 5.74) is 2.42. The molecule has 0 aromatic carbocycles. The molecule has 3 heterocycles. The van der Waals surface area contributed by atoms with Gasteiger partial charge >= 0.3 is 0 Å². The number of aromatic nitrogens is 5. The van der Waals surface area contributed by atoms with E-state index in [4.69, 9.17) is 0 Å². The van der Waals surface area contributed by atoms with E-state index in [1.54, 1.807) is 10.9 Å². The van der Waals surface area contributed by atoms with E-state index in [1.807, 2.05) is 41.9 Å². The number of aliphatic hydroxyl groups is 1. The molecule has 3 aromatic heterocycles. The van der Waals surface area contributed by atoms with Crippen LogP contribution >= 0.6 is 0 Å². The molecular weight excluding hydrogens is 242 g/mol. The molecule has 98 valence electrons. The number of rotatable bonds is 4. The van der Waals surface area contributed by atoms with Crippen LogP contribution in [0.5, 0.6) is 0 Å². The van der Waals surface area contributed by atoms with E-state index < -0.39 is 6.10 Å². The lowest BCUT2D eigenvalue weighted by atomic mass is 10.2. The van der Waals surface area contributed by atoms with Crippen molar-refractivity contribution in [1.82, 2.24) is 24.4 Å². The van der Waals surface area contributed by atoms with E-state index in [1.165, 1.54) is 0 Å². The van der Waals surface area contributed by atoms with Gasteiger partial charge in [-0.2, -0.15) is 0 Å². The molecule has 3 rings (SSSR count). The molecule has 0 aliphatic rings. The summed E-state index contributed by atoms with van der Waals surface area (Å²) >= 11 is 0. The van der Waals surface area contributed by atoms with Gasteiger partial charge in [-0.25, -0.2) is 9.67 Å². The summed E-state index contributed by atoms with van der Waals surface area (Å²) in [6, 6.07) is 5.87. The van der Waals surface area contributed by atoms with Gasteiger partial charge in [-0.05, 0) is 18.6 Å². The summed E-state index contributed by atoms with van der Waals surface area (Å²) in [7, 11) is 0. The van der Waals surface area contributed by atoms with Crippen LogP contribution in [0, 0.1) is 0 Å². The predicted octanol–water partition coefficient (Wildman–Crippen LogP) is 1.42. The lowest BCUT2D eigenvalue weighted by molar-refractivity contribution is 0.168. The van der Waals surface area contributed by atoms with Gasteiger partial charge in [-0.1, -0.05) is 18.2 Å².